The molecule has 80 valence electrons. The average Bonchev–Trinajstić information content (AvgIpc) is 2.02. The Hall–Kier alpha value is -0.120. The third-order valence-electron chi connectivity index (χ3n) is 2.27. The molecule has 0 rings (SSSR count). The van der Waals surface area contributed by atoms with E-state index in [0.29, 0.717) is 5.92 Å². The van der Waals surface area contributed by atoms with E-state index in [0.717, 1.165) is 13.1 Å². The lowest BCUT2D eigenvalue weighted by molar-refractivity contribution is 0.102. The SMILES string of the molecule is CCN(CC(C)C)C(CO)C(C)N. The minimum absolute atomic E-state index is 0.0312. The van der Waals surface area contributed by atoms with Gasteiger partial charge in [-0.3, -0.25) is 4.90 Å². The summed E-state index contributed by atoms with van der Waals surface area (Å²) >= 11 is 0. The molecule has 0 aliphatic carbocycles. The second kappa shape index (κ2) is 6.35. The molecule has 0 aromatic carbocycles. The maximum absolute atomic E-state index is 9.19. The third-order valence-corrected chi connectivity index (χ3v) is 2.27. The van der Waals surface area contributed by atoms with Crippen LogP contribution in [0.25, 0.3) is 0 Å². The molecule has 0 bridgehead atoms. The number of aliphatic hydroxyl groups excluding tert-OH is 1. The van der Waals surface area contributed by atoms with Gasteiger partial charge in [-0.05, 0) is 19.4 Å². The first-order valence-electron chi connectivity index (χ1n) is 5.13. The first-order valence-corrected chi connectivity index (χ1v) is 5.13. The summed E-state index contributed by atoms with van der Waals surface area (Å²) in [5, 5.41) is 9.19. The predicted molar refractivity (Wildman–Crippen MR) is 56.6 cm³/mol. The van der Waals surface area contributed by atoms with Crippen molar-refractivity contribution in [1.82, 2.24) is 4.90 Å². The molecule has 2 unspecified atom stereocenters. The first kappa shape index (κ1) is 12.9. The van der Waals surface area contributed by atoms with Gasteiger partial charge < -0.3 is 10.8 Å². The fourth-order valence-corrected chi connectivity index (χ4v) is 1.58. The fraction of sp³-hybridized carbons (Fsp3) is 1.00. The monoisotopic (exact) mass is 188 g/mol. The van der Waals surface area contributed by atoms with Gasteiger partial charge in [0.15, 0.2) is 0 Å². The normalized spacial score (nSPS) is 16.6. The number of nitrogens with two attached hydrogens (primary N) is 1. The zero-order valence-electron chi connectivity index (χ0n) is 9.33. The molecule has 0 saturated carbocycles. The van der Waals surface area contributed by atoms with Crippen LogP contribution in [-0.4, -0.2) is 41.8 Å². The average molecular weight is 188 g/mol. The highest BCUT2D eigenvalue weighted by molar-refractivity contribution is 4.78. The van der Waals surface area contributed by atoms with Crippen molar-refractivity contribution >= 4 is 0 Å². The van der Waals surface area contributed by atoms with Gasteiger partial charge in [0.1, 0.15) is 0 Å². The number of hydrogen-bond donors (Lipinski definition) is 2. The van der Waals surface area contributed by atoms with Crippen molar-refractivity contribution in [3.05, 3.63) is 0 Å². The van der Waals surface area contributed by atoms with Crippen LogP contribution in [-0.2, 0) is 0 Å². The smallest absolute Gasteiger partial charge is 0.0601 e. The number of aliphatic hydroxyl groups is 1. The lowest BCUT2D eigenvalue weighted by Gasteiger charge is -2.33. The van der Waals surface area contributed by atoms with Crippen LogP contribution in [0.4, 0.5) is 0 Å². The molecular weight excluding hydrogens is 164 g/mol. The summed E-state index contributed by atoms with van der Waals surface area (Å²) in [6.07, 6.45) is 0. The summed E-state index contributed by atoms with van der Waals surface area (Å²) in [4.78, 5) is 2.25. The number of nitrogens with zero attached hydrogens (tertiary/aromatic N) is 1. The van der Waals surface area contributed by atoms with Crippen LogP contribution in [0.2, 0.25) is 0 Å². The van der Waals surface area contributed by atoms with Crippen molar-refractivity contribution in [2.75, 3.05) is 19.7 Å². The molecule has 0 radical (unpaired) electrons. The van der Waals surface area contributed by atoms with Gasteiger partial charge in [0.05, 0.1) is 6.61 Å². The summed E-state index contributed by atoms with van der Waals surface area (Å²) < 4.78 is 0. The zero-order valence-corrected chi connectivity index (χ0v) is 9.33. The van der Waals surface area contributed by atoms with Crippen LogP contribution in [0.15, 0.2) is 0 Å². The molecule has 0 aliphatic heterocycles. The van der Waals surface area contributed by atoms with E-state index in [1.54, 1.807) is 0 Å². The molecule has 13 heavy (non-hydrogen) atoms. The van der Waals surface area contributed by atoms with Gasteiger partial charge in [-0.15, -0.1) is 0 Å². The van der Waals surface area contributed by atoms with E-state index in [1.165, 1.54) is 0 Å². The predicted octanol–water partition coefficient (Wildman–Crippen LogP) is 0.672. The number of rotatable bonds is 6. The van der Waals surface area contributed by atoms with E-state index >= 15 is 0 Å². The summed E-state index contributed by atoms with van der Waals surface area (Å²) in [6, 6.07) is 0.135. The van der Waals surface area contributed by atoms with Gasteiger partial charge in [-0.2, -0.15) is 0 Å². The van der Waals surface area contributed by atoms with Crippen molar-refractivity contribution in [1.29, 1.82) is 0 Å². The van der Waals surface area contributed by atoms with E-state index in [2.05, 4.69) is 25.7 Å². The Kier molecular flexibility index (Phi) is 6.29. The molecule has 0 heterocycles. The Labute approximate surface area is 81.9 Å². The van der Waals surface area contributed by atoms with E-state index < -0.39 is 0 Å². The maximum Gasteiger partial charge on any atom is 0.0601 e. The summed E-state index contributed by atoms with van der Waals surface area (Å²) in [5.41, 5.74) is 5.80. The van der Waals surface area contributed by atoms with Crippen LogP contribution >= 0.6 is 0 Å². The van der Waals surface area contributed by atoms with Crippen molar-refractivity contribution in [3.8, 4) is 0 Å². The molecule has 0 aromatic rings. The van der Waals surface area contributed by atoms with Gasteiger partial charge in [0, 0.05) is 18.6 Å². The maximum atomic E-state index is 9.19. The highest BCUT2D eigenvalue weighted by atomic mass is 16.3. The van der Waals surface area contributed by atoms with E-state index in [1.807, 2.05) is 6.92 Å². The molecule has 0 fully saturated rings. The quantitative estimate of drug-likeness (QED) is 0.644. The van der Waals surface area contributed by atoms with Crippen molar-refractivity contribution in [2.24, 2.45) is 11.7 Å². The zero-order chi connectivity index (χ0) is 10.4. The molecule has 0 spiro atoms. The standard InChI is InChI=1S/C10H24N2O/c1-5-12(6-8(2)3)10(7-13)9(4)11/h8-10,13H,5-7,11H2,1-4H3. The minimum Gasteiger partial charge on any atom is -0.395 e. The highest BCUT2D eigenvalue weighted by Crippen LogP contribution is 2.06. The number of hydrogen-bond acceptors (Lipinski definition) is 3. The van der Waals surface area contributed by atoms with Crippen molar-refractivity contribution < 1.29 is 5.11 Å². The number of likely N-dealkylation sites (N-methyl/N-ethyl adjacent to an activating group) is 1. The Morgan fingerprint density at radius 2 is 1.85 bits per heavy atom. The molecule has 0 amide bonds. The van der Waals surface area contributed by atoms with Gasteiger partial charge in [0.2, 0.25) is 0 Å². The minimum atomic E-state index is 0.0312. The second-order valence-corrected chi connectivity index (χ2v) is 4.09. The van der Waals surface area contributed by atoms with Crippen LogP contribution in [0.3, 0.4) is 0 Å². The molecule has 3 heteroatoms. The second-order valence-electron chi connectivity index (χ2n) is 4.09. The van der Waals surface area contributed by atoms with E-state index in [4.69, 9.17) is 5.73 Å². The largest absolute Gasteiger partial charge is 0.395 e. The van der Waals surface area contributed by atoms with Crippen LogP contribution in [0, 0.1) is 5.92 Å². The Balaban J connectivity index is 4.16. The van der Waals surface area contributed by atoms with Crippen LogP contribution < -0.4 is 5.73 Å². The molecule has 0 aliphatic rings. The van der Waals surface area contributed by atoms with Gasteiger partial charge >= 0.3 is 0 Å². The molecule has 3 nitrogen and oxygen atoms in total. The fourth-order valence-electron chi connectivity index (χ4n) is 1.58. The lowest BCUT2D eigenvalue weighted by Crippen LogP contribution is -2.49. The topological polar surface area (TPSA) is 49.5 Å². The van der Waals surface area contributed by atoms with Crippen LogP contribution in [0.1, 0.15) is 27.7 Å². The highest BCUT2D eigenvalue weighted by Gasteiger charge is 2.20. The van der Waals surface area contributed by atoms with Gasteiger partial charge in [0.25, 0.3) is 0 Å². The molecule has 0 saturated heterocycles. The summed E-state index contributed by atoms with van der Waals surface area (Å²) in [6.45, 7) is 10.5. The summed E-state index contributed by atoms with van der Waals surface area (Å²) in [5.74, 6) is 0.618. The molecular formula is C10H24N2O. The van der Waals surface area contributed by atoms with Crippen molar-refractivity contribution in [2.45, 2.75) is 39.8 Å². The first-order chi connectivity index (χ1) is 6.02. The Bertz CT molecular complexity index is 126. The van der Waals surface area contributed by atoms with Crippen molar-refractivity contribution in [3.63, 3.8) is 0 Å². The Morgan fingerprint density at radius 3 is 2.08 bits per heavy atom. The molecule has 0 aromatic heterocycles. The lowest BCUT2D eigenvalue weighted by atomic mass is 10.1. The van der Waals surface area contributed by atoms with Crippen LogP contribution in [0.5, 0.6) is 0 Å². The van der Waals surface area contributed by atoms with E-state index in [-0.39, 0.29) is 18.7 Å². The van der Waals surface area contributed by atoms with Gasteiger partial charge in [-0.1, -0.05) is 20.8 Å². The van der Waals surface area contributed by atoms with E-state index in [9.17, 15) is 5.11 Å². The summed E-state index contributed by atoms with van der Waals surface area (Å²) in [7, 11) is 0. The molecule has 2 atom stereocenters. The third kappa shape index (κ3) is 4.60. The van der Waals surface area contributed by atoms with Gasteiger partial charge in [-0.25, -0.2) is 0 Å². The molecule has 3 N–H and O–H groups in total. The Morgan fingerprint density at radius 1 is 1.31 bits per heavy atom.